The Labute approximate surface area is 173 Å². The van der Waals surface area contributed by atoms with Crippen LogP contribution in [0.1, 0.15) is 49.0 Å². The molecule has 0 bridgehead atoms. The van der Waals surface area contributed by atoms with Gasteiger partial charge in [0.25, 0.3) is 5.56 Å². The summed E-state index contributed by atoms with van der Waals surface area (Å²) < 4.78 is 1.69. The van der Waals surface area contributed by atoms with Crippen LogP contribution >= 0.6 is 23.1 Å². The van der Waals surface area contributed by atoms with Gasteiger partial charge in [0.2, 0.25) is 5.91 Å². The molecule has 0 saturated carbocycles. The lowest BCUT2D eigenvalue weighted by molar-refractivity contribution is -0.128. The van der Waals surface area contributed by atoms with Crippen molar-refractivity contribution in [3.05, 3.63) is 33.4 Å². The number of thioether (sulfide) groups is 1. The average Bonchev–Trinajstić information content (AvgIpc) is 2.87. The largest absolute Gasteiger partial charge is 0.342 e. The molecule has 0 aromatic carbocycles. The van der Waals surface area contributed by atoms with Gasteiger partial charge >= 0.3 is 0 Å². The summed E-state index contributed by atoms with van der Waals surface area (Å²) in [5.41, 5.74) is 1.23. The minimum absolute atomic E-state index is 0.0222. The first-order valence-electron chi connectivity index (χ1n) is 10.3. The summed E-state index contributed by atoms with van der Waals surface area (Å²) in [7, 11) is 0. The predicted octanol–water partition coefficient (Wildman–Crippen LogP) is 4.02. The second-order valence-electron chi connectivity index (χ2n) is 7.57. The maximum atomic E-state index is 13.2. The van der Waals surface area contributed by atoms with E-state index in [-0.39, 0.29) is 11.5 Å². The summed E-state index contributed by atoms with van der Waals surface area (Å²) >= 11 is 3.05. The van der Waals surface area contributed by atoms with Crippen LogP contribution in [0.4, 0.5) is 0 Å². The lowest BCUT2D eigenvalue weighted by Gasteiger charge is -2.20. The summed E-state index contributed by atoms with van der Waals surface area (Å²) in [6, 6.07) is 0. The van der Waals surface area contributed by atoms with Crippen LogP contribution < -0.4 is 5.56 Å². The Morgan fingerprint density at radius 2 is 1.89 bits per heavy atom. The molecule has 7 heteroatoms. The normalized spacial score (nSPS) is 17.4. The van der Waals surface area contributed by atoms with E-state index in [1.165, 1.54) is 41.5 Å². The van der Waals surface area contributed by atoms with Gasteiger partial charge in [-0.2, -0.15) is 0 Å². The van der Waals surface area contributed by atoms with Crippen LogP contribution in [0.3, 0.4) is 0 Å². The molecule has 0 unspecified atom stereocenters. The molecule has 0 N–H and O–H groups in total. The topological polar surface area (TPSA) is 55.2 Å². The summed E-state index contributed by atoms with van der Waals surface area (Å²) in [6.45, 7) is 5.93. The molecular weight excluding hydrogens is 390 g/mol. The number of rotatable bonds is 5. The van der Waals surface area contributed by atoms with E-state index in [0.29, 0.717) is 17.5 Å². The lowest BCUT2D eigenvalue weighted by Crippen LogP contribution is -2.33. The minimum atomic E-state index is 0.0222. The van der Waals surface area contributed by atoms with Crippen molar-refractivity contribution >= 4 is 39.2 Å². The van der Waals surface area contributed by atoms with Gasteiger partial charge in [0.05, 0.1) is 11.1 Å². The molecule has 2 aromatic rings. The lowest BCUT2D eigenvalue weighted by atomic mass is 9.97. The maximum absolute atomic E-state index is 13.2. The third kappa shape index (κ3) is 3.92. The quantitative estimate of drug-likeness (QED) is 0.419. The van der Waals surface area contributed by atoms with Crippen LogP contribution in [-0.4, -0.2) is 39.2 Å². The molecule has 0 spiro atoms. The minimum Gasteiger partial charge on any atom is -0.342 e. The average molecular weight is 418 g/mol. The molecule has 2 aliphatic rings. The number of hydrogen-bond acceptors (Lipinski definition) is 5. The smallest absolute Gasteiger partial charge is 0.263 e. The Morgan fingerprint density at radius 3 is 2.64 bits per heavy atom. The monoisotopic (exact) mass is 417 g/mol. The van der Waals surface area contributed by atoms with Gasteiger partial charge in [-0.3, -0.25) is 14.2 Å². The van der Waals surface area contributed by atoms with Gasteiger partial charge in [-0.1, -0.05) is 30.7 Å². The first kappa shape index (κ1) is 19.7. The predicted molar refractivity (Wildman–Crippen MR) is 116 cm³/mol. The van der Waals surface area contributed by atoms with Gasteiger partial charge in [0.15, 0.2) is 5.16 Å². The molecule has 1 saturated heterocycles. The molecule has 4 rings (SSSR count). The van der Waals surface area contributed by atoms with E-state index in [9.17, 15) is 9.59 Å². The van der Waals surface area contributed by atoms with Crippen LogP contribution in [0, 0.1) is 0 Å². The third-order valence-electron chi connectivity index (χ3n) is 5.64. The summed E-state index contributed by atoms with van der Waals surface area (Å²) in [6.07, 6.45) is 10.7. The molecule has 0 atom stereocenters. The van der Waals surface area contributed by atoms with Gasteiger partial charge < -0.3 is 4.90 Å². The molecule has 2 aromatic heterocycles. The molecule has 1 amide bonds. The van der Waals surface area contributed by atoms with Gasteiger partial charge in [0, 0.05) is 24.5 Å². The van der Waals surface area contributed by atoms with E-state index in [4.69, 9.17) is 4.98 Å². The van der Waals surface area contributed by atoms with Crippen molar-refractivity contribution in [3.63, 3.8) is 0 Å². The number of nitrogens with zero attached hydrogens (tertiary/aromatic N) is 3. The number of allylic oxidation sites excluding steroid dienone is 1. The number of aryl methyl sites for hydroxylation is 2. The Kier molecular flexibility index (Phi) is 6.21. The van der Waals surface area contributed by atoms with E-state index >= 15 is 0 Å². The second-order valence-corrected chi connectivity index (χ2v) is 9.60. The van der Waals surface area contributed by atoms with Gasteiger partial charge in [-0.05, 0) is 44.1 Å². The van der Waals surface area contributed by atoms with Crippen molar-refractivity contribution in [2.45, 2.75) is 63.1 Å². The van der Waals surface area contributed by atoms with E-state index in [1.54, 1.807) is 22.0 Å². The number of carbonyl (C=O) groups is 1. The van der Waals surface area contributed by atoms with Crippen molar-refractivity contribution in [1.29, 1.82) is 0 Å². The second kappa shape index (κ2) is 8.82. The van der Waals surface area contributed by atoms with E-state index in [0.717, 1.165) is 55.4 Å². The standard InChI is InChI=1S/C21H27N3O2S2/c1-2-11-24-20(26)18-15-9-5-6-10-16(15)28-19(18)22-21(24)27-14-17(25)23-12-7-3-4-8-13-23/h2H,1,3-14H2. The van der Waals surface area contributed by atoms with Crippen LogP contribution in [0.15, 0.2) is 22.6 Å². The summed E-state index contributed by atoms with van der Waals surface area (Å²) in [5, 5.41) is 1.43. The van der Waals surface area contributed by atoms with Crippen LogP contribution in [0.25, 0.3) is 10.2 Å². The zero-order valence-corrected chi connectivity index (χ0v) is 17.9. The van der Waals surface area contributed by atoms with Crippen LogP contribution in [0.2, 0.25) is 0 Å². The number of amides is 1. The number of likely N-dealkylation sites (tertiary alicyclic amines) is 1. The van der Waals surface area contributed by atoms with Crippen molar-refractivity contribution in [2.24, 2.45) is 0 Å². The Morgan fingerprint density at radius 1 is 1.14 bits per heavy atom. The van der Waals surface area contributed by atoms with Crippen LogP contribution in [0.5, 0.6) is 0 Å². The van der Waals surface area contributed by atoms with E-state index < -0.39 is 0 Å². The molecule has 0 radical (unpaired) electrons. The fourth-order valence-electron chi connectivity index (χ4n) is 4.16. The Bertz CT molecular complexity index is 939. The number of thiophene rings is 1. The highest BCUT2D eigenvalue weighted by Crippen LogP contribution is 2.34. The number of carbonyl (C=O) groups excluding carboxylic acids is 1. The highest BCUT2D eigenvalue weighted by molar-refractivity contribution is 7.99. The molecule has 1 aliphatic carbocycles. The first-order valence-corrected chi connectivity index (χ1v) is 12.1. The Hall–Kier alpha value is -1.60. The highest BCUT2D eigenvalue weighted by atomic mass is 32.2. The third-order valence-corrected chi connectivity index (χ3v) is 7.78. The zero-order valence-electron chi connectivity index (χ0n) is 16.2. The number of hydrogen-bond donors (Lipinski definition) is 0. The summed E-state index contributed by atoms with van der Waals surface area (Å²) in [5.74, 6) is 0.483. The zero-order chi connectivity index (χ0) is 19.5. The molecule has 1 aliphatic heterocycles. The van der Waals surface area contributed by atoms with E-state index in [2.05, 4.69) is 6.58 Å². The fraction of sp³-hybridized carbons (Fsp3) is 0.571. The fourth-order valence-corrected chi connectivity index (χ4v) is 6.37. The molecule has 1 fully saturated rings. The SMILES string of the molecule is C=CCn1c(SCC(=O)N2CCCCCC2)nc2sc3c(c2c1=O)CCCC3. The first-order chi connectivity index (χ1) is 13.7. The van der Waals surface area contributed by atoms with Gasteiger partial charge in [0.1, 0.15) is 4.83 Å². The van der Waals surface area contributed by atoms with Gasteiger partial charge in [-0.25, -0.2) is 4.98 Å². The summed E-state index contributed by atoms with van der Waals surface area (Å²) in [4.78, 5) is 34.9. The Balaban J connectivity index is 1.62. The van der Waals surface area contributed by atoms with Crippen molar-refractivity contribution in [1.82, 2.24) is 14.5 Å². The van der Waals surface area contributed by atoms with Crippen molar-refractivity contribution < 1.29 is 4.79 Å². The van der Waals surface area contributed by atoms with Crippen molar-refractivity contribution in [2.75, 3.05) is 18.8 Å². The highest BCUT2D eigenvalue weighted by Gasteiger charge is 2.23. The molecule has 5 nitrogen and oxygen atoms in total. The molecule has 3 heterocycles. The number of fused-ring (bicyclic) bond motifs is 3. The van der Waals surface area contributed by atoms with Crippen molar-refractivity contribution in [3.8, 4) is 0 Å². The molecule has 28 heavy (non-hydrogen) atoms. The van der Waals surface area contributed by atoms with Crippen LogP contribution in [-0.2, 0) is 24.2 Å². The van der Waals surface area contributed by atoms with Gasteiger partial charge in [-0.15, -0.1) is 17.9 Å². The molecule has 150 valence electrons. The molecular formula is C21H27N3O2S2. The maximum Gasteiger partial charge on any atom is 0.263 e. The van der Waals surface area contributed by atoms with E-state index in [1.807, 2.05) is 4.90 Å². The number of aromatic nitrogens is 2.